The molecule has 0 aliphatic rings. The molecule has 0 unspecified atom stereocenters. The lowest BCUT2D eigenvalue weighted by molar-refractivity contribution is 0.0298. The maximum atomic E-state index is 12.7. The van der Waals surface area contributed by atoms with Crippen molar-refractivity contribution in [2.75, 3.05) is 21.0 Å². The fourth-order valence-corrected chi connectivity index (χ4v) is 2.75. The van der Waals surface area contributed by atoms with Crippen LogP contribution < -0.4 is 14.2 Å². The number of nitrogens with zero attached hydrogens (tertiary/aromatic N) is 2. The van der Waals surface area contributed by atoms with Crippen LogP contribution in [0.2, 0.25) is 0 Å². The second-order valence-electron chi connectivity index (χ2n) is 6.39. The Morgan fingerprint density at radius 1 is 0.833 bits per heavy atom. The summed E-state index contributed by atoms with van der Waals surface area (Å²) in [5, 5.41) is 0. The summed E-state index contributed by atoms with van der Waals surface area (Å²) in [6.07, 6.45) is 1.12. The van der Waals surface area contributed by atoms with Gasteiger partial charge in [0, 0.05) is 25.4 Å². The summed E-state index contributed by atoms with van der Waals surface area (Å²) in [7, 11) is 3.23. The minimum Gasteiger partial charge on any atom is -0.497 e. The summed E-state index contributed by atoms with van der Waals surface area (Å²) >= 11 is 0. The molecule has 0 atom stereocenters. The van der Waals surface area contributed by atoms with Crippen LogP contribution in [0.15, 0.2) is 72.9 Å². The van der Waals surface area contributed by atoms with Gasteiger partial charge in [-0.25, -0.2) is 9.78 Å². The second kappa shape index (κ2) is 10.7. The zero-order valence-corrected chi connectivity index (χ0v) is 17.0. The summed E-state index contributed by atoms with van der Waals surface area (Å²) < 4.78 is 21.1. The Morgan fingerprint density at radius 2 is 1.40 bits per heavy atom. The van der Waals surface area contributed by atoms with E-state index in [4.69, 9.17) is 18.9 Å². The number of methoxy groups -OCH3 is 2. The van der Waals surface area contributed by atoms with E-state index >= 15 is 0 Å². The van der Waals surface area contributed by atoms with Crippen molar-refractivity contribution < 1.29 is 23.7 Å². The molecule has 3 aromatic rings. The lowest BCUT2D eigenvalue weighted by atomic mass is 10.1. The van der Waals surface area contributed by atoms with Gasteiger partial charge in [0.1, 0.15) is 11.5 Å². The standard InChI is InChI=1S/C23H24N2O5/c1-27-20-10-6-18(7-11-20)15-25(16-19-8-12-21(28-2)13-9-19)23(26)30-17-29-22-5-3-4-14-24-22/h3-14H,15-17H2,1-2H3. The first-order valence-corrected chi connectivity index (χ1v) is 9.39. The van der Waals surface area contributed by atoms with Gasteiger partial charge in [-0.2, -0.15) is 0 Å². The molecule has 0 bridgehead atoms. The predicted molar refractivity (Wildman–Crippen MR) is 111 cm³/mol. The first-order chi connectivity index (χ1) is 14.7. The summed E-state index contributed by atoms with van der Waals surface area (Å²) in [6, 6.07) is 20.4. The van der Waals surface area contributed by atoms with Crippen molar-refractivity contribution >= 4 is 6.09 Å². The predicted octanol–water partition coefficient (Wildman–Crippen LogP) is 4.27. The molecule has 30 heavy (non-hydrogen) atoms. The van der Waals surface area contributed by atoms with E-state index in [-0.39, 0.29) is 6.79 Å². The molecular formula is C23H24N2O5. The fourth-order valence-electron chi connectivity index (χ4n) is 2.75. The molecule has 7 nitrogen and oxygen atoms in total. The van der Waals surface area contributed by atoms with Crippen molar-refractivity contribution in [1.82, 2.24) is 9.88 Å². The highest BCUT2D eigenvalue weighted by atomic mass is 16.7. The highest BCUT2D eigenvalue weighted by molar-refractivity contribution is 5.67. The molecule has 3 rings (SSSR count). The maximum Gasteiger partial charge on any atom is 0.413 e. The third kappa shape index (κ3) is 6.13. The molecule has 1 aromatic heterocycles. The van der Waals surface area contributed by atoms with Gasteiger partial charge in [-0.3, -0.25) is 4.90 Å². The molecule has 1 amide bonds. The van der Waals surface area contributed by atoms with Crippen LogP contribution in [0, 0.1) is 0 Å². The van der Waals surface area contributed by atoms with E-state index in [1.54, 1.807) is 43.5 Å². The normalized spacial score (nSPS) is 10.2. The third-order valence-corrected chi connectivity index (χ3v) is 4.35. The molecule has 0 spiro atoms. The van der Waals surface area contributed by atoms with E-state index < -0.39 is 6.09 Å². The Kier molecular flexibility index (Phi) is 7.49. The number of aromatic nitrogens is 1. The summed E-state index contributed by atoms with van der Waals surface area (Å²) in [5.74, 6) is 1.90. The maximum absolute atomic E-state index is 12.7. The van der Waals surface area contributed by atoms with Gasteiger partial charge >= 0.3 is 6.09 Å². The molecule has 0 radical (unpaired) electrons. The molecule has 0 aliphatic heterocycles. The minimum absolute atomic E-state index is 0.225. The van der Waals surface area contributed by atoms with Gasteiger partial charge in [-0.1, -0.05) is 30.3 Å². The highest BCUT2D eigenvalue weighted by Gasteiger charge is 2.17. The van der Waals surface area contributed by atoms with Gasteiger partial charge < -0.3 is 18.9 Å². The van der Waals surface area contributed by atoms with Crippen LogP contribution in [0.5, 0.6) is 17.4 Å². The second-order valence-corrected chi connectivity index (χ2v) is 6.39. The zero-order valence-electron chi connectivity index (χ0n) is 17.0. The molecular weight excluding hydrogens is 384 g/mol. The SMILES string of the molecule is COc1ccc(CN(Cc2ccc(OC)cc2)C(=O)OCOc2ccccn2)cc1. The fraction of sp³-hybridized carbons (Fsp3) is 0.217. The van der Waals surface area contributed by atoms with Crippen LogP contribution >= 0.6 is 0 Å². The van der Waals surface area contributed by atoms with Crippen LogP contribution in [0.3, 0.4) is 0 Å². The van der Waals surface area contributed by atoms with Crippen LogP contribution in [-0.2, 0) is 17.8 Å². The van der Waals surface area contributed by atoms with E-state index in [0.29, 0.717) is 19.0 Å². The summed E-state index contributed by atoms with van der Waals surface area (Å²) in [4.78, 5) is 18.4. The van der Waals surface area contributed by atoms with Crippen molar-refractivity contribution in [3.05, 3.63) is 84.1 Å². The van der Waals surface area contributed by atoms with Gasteiger partial charge in [0.15, 0.2) is 0 Å². The molecule has 7 heteroatoms. The number of amides is 1. The monoisotopic (exact) mass is 408 g/mol. The zero-order chi connectivity index (χ0) is 21.2. The molecule has 0 N–H and O–H groups in total. The van der Waals surface area contributed by atoms with Gasteiger partial charge in [0.2, 0.25) is 12.7 Å². The third-order valence-electron chi connectivity index (χ3n) is 4.35. The lowest BCUT2D eigenvalue weighted by Crippen LogP contribution is -2.31. The largest absolute Gasteiger partial charge is 0.497 e. The van der Waals surface area contributed by atoms with Crippen LogP contribution in [0.1, 0.15) is 11.1 Å². The number of carbonyl (C=O) groups is 1. The highest BCUT2D eigenvalue weighted by Crippen LogP contribution is 2.17. The molecule has 156 valence electrons. The van der Waals surface area contributed by atoms with Crippen LogP contribution in [0.25, 0.3) is 0 Å². The number of benzene rings is 2. The number of ether oxygens (including phenoxy) is 4. The van der Waals surface area contributed by atoms with E-state index in [2.05, 4.69) is 4.98 Å². The quantitative estimate of drug-likeness (QED) is 0.493. The van der Waals surface area contributed by atoms with Gasteiger partial charge in [0.25, 0.3) is 0 Å². The number of pyridine rings is 1. The molecule has 0 saturated heterocycles. The van der Waals surface area contributed by atoms with Gasteiger partial charge in [0.05, 0.1) is 14.2 Å². The Hall–Kier alpha value is -3.74. The molecule has 1 heterocycles. The minimum atomic E-state index is -0.488. The van der Waals surface area contributed by atoms with E-state index in [1.165, 1.54) is 0 Å². The van der Waals surface area contributed by atoms with Crippen molar-refractivity contribution in [3.8, 4) is 17.4 Å². The Balaban J connectivity index is 1.66. The average Bonchev–Trinajstić information content (AvgIpc) is 2.80. The Bertz CT molecular complexity index is 865. The first-order valence-electron chi connectivity index (χ1n) is 9.39. The van der Waals surface area contributed by atoms with Gasteiger partial charge in [-0.05, 0) is 41.5 Å². The summed E-state index contributed by atoms with van der Waals surface area (Å²) in [5.41, 5.74) is 1.90. The van der Waals surface area contributed by atoms with Crippen LogP contribution in [-0.4, -0.2) is 37.0 Å². The van der Waals surface area contributed by atoms with Gasteiger partial charge in [-0.15, -0.1) is 0 Å². The Labute approximate surface area is 175 Å². The molecule has 2 aromatic carbocycles. The van der Waals surface area contributed by atoms with Crippen molar-refractivity contribution in [3.63, 3.8) is 0 Å². The van der Waals surface area contributed by atoms with E-state index in [1.807, 2.05) is 48.5 Å². The summed E-state index contributed by atoms with van der Waals surface area (Å²) in [6.45, 7) is 0.522. The Morgan fingerprint density at radius 3 is 1.87 bits per heavy atom. The van der Waals surface area contributed by atoms with Crippen molar-refractivity contribution in [1.29, 1.82) is 0 Å². The lowest BCUT2D eigenvalue weighted by Gasteiger charge is -2.22. The van der Waals surface area contributed by atoms with E-state index in [0.717, 1.165) is 22.6 Å². The molecule has 0 fully saturated rings. The van der Waals surface area contributed by atoms with Crippen molar-refractivity contribution in [2.45, 2.75) is 13.1 Å². The number of hydrogen-bond acceptors (Lipinski definition) is 6. The first kappa shape index (κ1) is 21.0. The van der Waals surface area contributed by atoms with Crippen LogP contribution in [0.4, 0.5) is 4.79 Å². The topological polar surface area (TPSA) is 70.1 Å². The van der Waals surface area contributed by atoms with E-state index in [9.17, 15) is 4.79 Å². The molecule has 0 saturated carbocycles. The number of hydrogen-bond donors (Lipinski definition) is 0. The number of carbonyl (C=O) groups excluding carboxylic acids is 1. The van der Waals surface area contributed by atoms with Crippen molar-refractivity contribution in [2.24, 2.45) is 0 Å². The molecule has 0 aliphatic carbocycles. The smallest absolute Gasteiger partial charge is 0.413 e. The number of rotatable bonds is 9. The average molecular weight is 408 g/mol.